The standard InChI is InChI=1S/C12H6F3N3/c1-16-11-6-10(17-7-18-11)8-2-4-9(5-3-8)12(13,14)15/h2-7H. The minimum absolute atomic E-state index is 0.153. The van der Waals surface area contributed by atoms with E-state index in [-0.39, 0.29) is 5.82 Å². The molecule has 0 fully saturated rings. The highest BCUT2D eigenvalue weighted by atomic mass is 19.4. The predicted molar refractivity (Wildman–Crippen MR) is 58.7 cm³/mol. The second kappa shape index (κ2) is 4.45. The third-order valence-corrected chi connectivity index (χ3v) is 2.28. The van der Waals surface area contributed by atoms with E-state index in [2.05, 4.69) is 14.8 Å². The highest BCUT2D eigenvalue weighted by molar-refractivity contribution is 5.62. The fraction of sp³-hybridized carbons (Fsp3) is 0.0833. The van der Waals surface area contributed by atoms with E-state index < -0.39 is 11.7 Å². The molecule has 0 N–H and O–H groups in total. The second-order valence-electron chi connectivity index (χ2n) is 3.45. The molecule has 0 atom stereocenters. The maximum atomic E-state index is 12.4. The largest absolute Gasteiger partial charge is 0.416 e. The van der Waals surface area contributed by atoms with Crippen molar-refractivity contribution in [3.8, 4) is 11.3 Å². The zero-order valence-corrected chi connectivity index (χ0v) is 8.94. The Morgan fingerprint density at radius 2 is 1.72 bits per heavy atom. The van der Waals surface area contributed by atoms with Crippen molar-refractivity contribution in [2.24, 2.45) is 0 Å². The summed E-state index contributed by atoms with van der Waals surface area (Å²) in [6.07, 6.45) is -3.15. The Balaban J connectivity index is 2.38. The number of benzene rings is 1. The Hall–Kier alpha value is -2.42. The Morgan fingerprint density at radius 3 is 2.28 bits per heavy atom. The highest BCUT2D eigenvalue weighted by Crippen LogP contribution is 2.30. The van der Waals surface area contributed by atoms with Gasteiger partial charge in [-0.3, -0.25) is 0 Å². The van der Waals surface area contributed by atoms with Gasteiger partial charge in [0, 0.05) is 0 Å². The van der Waals surface area contributed by atoms with Crippen LogP contribution < -0.4 is 0 Å². The van der Waals surface area contributed by atoms with Gasteiger partial charge < -0.3 is 4.85 Å². The molecule has 0 amide bonds. The summed E-state index contributed by atoms with van der Waals surface area (Å²) in [5.41, 5.74) is 0.214. The summed E-state index contributed by atoms with van der Waals surface area (Å²) in [5.74, 6) is 0.153. The van der Waals surface area contributed by atoms with E-state index in [0.29, 0.717) is 11.3 Å². The fourth-order valence-corrected chi connectivity index (χ4v) is 1.40. The van der Waals surface area contributed by atoms with Crippen LogP contribution in [0.5, 0.6) is 0 Å². The van der Waals surface area contributed by atoms with Crippen LogP contribution in [0.2, 0.25) is 0 Å². The molecule has 2 aromatic rings. The molecule has 1 aromatic heterocycles. The van der Waals surface area contributed by atoms with Crippen LogP contribution >= 0.6 is 0 Å². The number of nitrogens with zero attached hydrogens (tertiary/aromatic N) is 3. The molecule has 0 saturated heterocycles. The van der Waals surface area contributed by atoms with Crippen molar-refractivity contribution >= 4 is 5.82 Å². The van der Waals surface area contributed by atoms with Gasteiger partial charge in [0.05, 0.1) is 11.3 Å². The van der Waals surface area contributed by atoms with Crippen molar-refractivity contribution in [2.45, 2.75) is 6.18 Å². The second-order valence-corrected chi connectivity index (χ2v) is 3.45. The van der Waals surface area contributed by atoms with E-state index in [1.165, 1.54) is 24.5 Å². The van der Waals surface area contributed by atoms with Crippen LogP contribution in [0, 0.1) is 6.57 Å². The van der Waals surface area contributed by atoms with E-state index in [0.717, 1.165) is 12.1 Å². The van der Waals surface area contributed by atoms with Gasteiger partial charge in [0.2, 0.25) is 6.33 Å². The van der Waals surface area contributed by atoms with Crippen LogP contribution in [0.15, 0.2) is 36.7 Å². The SMILES string of the molecule is [C-]#[N+]c1cc(-c2ccc(C(F)(F)F)cc2)ncn1. The van der Waals surface area contributed by atoms with Crippen molar-refractivity contribution in [3.05, 3.63) is 53.6 Å². The molecular weight excluding hydrogens is 243 g/mol. The van der Waals surface area contributed by atoms with E-state index in [9.17, 15) is 13.2 Å². The quantitative estimate of drug-likeness (QED) is 0.721. The lowest BCUT2D eigenvalue weighted by molar-refractivity contribution is -0.137. The Kier molecular flexibility index (Phi) is 2.98. The smallest absolute Gasteiger partial charge is 0.361 e. The average molecular weight is 249 g/mol. The molecular formula is C12H6F3N3. The normalized spacial score (nSPS) is 11.0. The molecule has 0 aliphatic rings. The number of hydrogen-bond donors (Lipinski definition) is 0. The lowest BCUT2D eigenvalue weighted by Crippen LogP contribution is -2.04. The topological polar surface area (TPSA) is 30.1 Å². The van der Waals surface area contributed by atoms with Crippen molar-refractivity contribution < 1.29 is 13.2 Å². The van der Waals surface area contributed by atoms with Crippen LogP contribution in [-0.4, -0.2) is 9.97 Å². The summed E-state index contributed by atoms with van der Waals surface area (Å²) >= 11 is 0. The first-order chi connectivity index (χ1) is 8.50. The third kappa shape index (κ3) is 2.46. The van der Waals surface area contributed by atoms with Gasteiger partial charge in [-0.05, 0) is 23.8 Å². The molecule has 0 unspecified atom stereocenters. The summed E-state index contributed by atoms with van der Waals surface area (Å²) in [5, 5.41) is 0. The zero-order valence-electron chi connectivity index (χ0n) is 8.94. The highest BCUT2D eigenvalue weighted by Gasteiger charge is 2.29. The van der Waals surface area contributed by atoms with Crippen molar-refractivity contribution in [2.75, 3.05) is 0 Å². The molecule has 18 heavy (non-hydrogen) atoms. The van der Waals surface area contributed by atoms with Gasteiger partial charge in [-0.2, -0.15) is 13.2 Å². The zero-order chi connectivity index (χ0) is 13.2. The van der Waals surface area contributed by atoms with Gasteiger partial charge in [-0.1, -0.05) is 18.7 Å². The van der Waals surface area contributed by atoms with Gasteiger partial charge >= 0.3 is 6.18 Å². The minimum atomic E-state index is -4.36. The van der Waals surface area contributed by atoms with Crippen molar-refractivity contribution in [3.63, 3.8) is 0 Å². The maximum Gasteiger partial charge on any atom is 0.416 e. The Morgan fingerprint density at radius 1 is 1.06 bits per heavy atom. The lowest BCUT2D eigenvalue weighted by atomic mass is 10.1. The minimum Gasteiger partial charge on any atom is -0.361 e. The average Bonchev–Trinajstić information content (AvgIpc) is 2.38. The molecule has 2 rings (SSSR count). The summed E-state index contributed by atoms with van der Waals surface area (Å²) in [6.45, 7) is 6.80. The molecule has 6 heteroatoms. The molecule has 1 aromatic carbocycles. The van der Waals surface area contributed by atoms with Crippen LogP contribution in [0.1, 0.15) is 5.56 Å². The Labute approximate surface area is 101 Å². The van der Waals surface area contributed by atoms with Crippen LogP contribution in [-0.2, 0) is 6.18 Å². The summed E-state index contributed by atoms with van der Waals surface area (Å²) in [7, 11) is 0. The number of halogens is 3. The monoisotopic (exact) mass is 249 g/mol. The molecule has 0 aliphatic heterocycles. The van der Waals surface area contributed by atoms with Crippen molar-refractivity contribution in [1.29, 1.82) is 0 Å². The van der Waals surface area contributed by atoms with Gasteiger partial charge in [-0.25, -0.2) is 4.98 Å². The van der Waals surface area contributed by atoms with Gasteiger partial charge in [0.1, 0.15) is 0 Å². The molecule has 0 radical (unpaired) electrons. The Bertz CT molecular complexity index is 597. The molecule has 0 aliphatic carbocycles. The molecule has 0 bridgehead atoms. The van der Waals surface area contributed by atoms with Gasteiger partial charge in [-0.15, -0.1) is 4.98 Å². The van der Waals surface area contributed by atoms with Crippen LogP contribution in [0.4, 0.5) is 19.0 Å². The molecule has 3 nitrogen and oxygen atoms in total. The lowest BCUT2D eigenvalue weighted by Gasteiger charge is -2.07. The van der Waals surface area contributed by atoms with Crippen LogP contribution in [0.25, 0.3) is 16.1 Å². The fourth-order valence-electron chi connectivity index (χ4n) is 1.40. The first-order valence-corrected chi connectivity index (χ1v) is 4.88. The van der Waals surface area contributed by atoms with Crippen LogP contribution in [0.3, 0.4) is 0 Å². The predicted octanol–water partition coefficient (Wildman–Crippen LogP) is 3.71. The van der Waals surface area contributed by atoms with E-state index in [1.807, 2.05) is 0 Å². The number of alkyl halides is 3. The number of aromatic nitrogens is 2. The van der Waals surface area contributed by atoms with Crippen molar-refractivity contribution in [1.82, 2.24) is 9.97 Å². The first-order valence-electron chi connectivity index (χ1n) is 4.88. The first kappa shape index (κ1) is 12.0. The summed E-state index contributed by atoms with van der Waals surface area (Å²) in [6, 6.07) is 6.03. The summed E-state index contributed by atoms with van der Waals surface area (Å²) in [4.78, 5) is 10.7. The number of rotatable bonds is 1. The van der Waals surface area contributed by atoms with E-state index in [1.54, 1.807) is 0 Å². The third-order valence-electron chi connectivity index (χ3n) is 2.28. The van der Waals surface area contributed by atoms with E-state index >= 15 is 0 Å². The maximum absolute atomic E-state index is 12.4. The molecule has 1 heterocycles. The van der Waals surface area contributed by atoms with E-state index in [4.69, 9.17) is 6.57 Å². The molecule has 90 valence electrons. The van der Waals surface area contributed by atoms with Gasteiger partial charge in [0.15, 0.2) is 0 Å². The number of hydrogen-bond acceptors (Lipinski definition) is 2. The molecule has 0 saturated carbocycles. The molecule has 0 spiro atoms. The summed E-state index contributed by atoms with van der Waals surface area (Å²) < 4.78 is 37.1. The van der Waals surface area contributed by atoms with Gasteiger partial charge in [0.25, 0.3) is 5.82 Å².